The molecule has 0 saturated carbocycles. The zero-order valence-corrected chi connectivity index (χ0v) is 11.4. The number of carbonyl (C=O) groups excluding carboxylic acids is 1. The fourth-order valence-electron chi connectivity index (χ4n) is 1.35. The van der Waals surface area contributed by atoms with Gasteiger partial charge in [-0.25, -0.2) is 17.7 Å². The van der Waals surface area contributed by atoms with Crippen LogP contribution in [0.5, 0.6) is 0 Å². The van der Waals surface area contributed by atoms with E-state index in [0.717, 1.165) is 4.31 Å². The van der Waals surface area contributed by atoms with Crippen molar-refractivity contribution in [1.82, 2.24) is 14.6 Å². The summed E-state index contributed by atoms with van der Waals surface area (Å²) in [5.41, 5.74) is -0.158. The molecule has 0 fully saturated rings. The number of nitriles is 1. The summed E-state index contributed by atoms with van der Waals surface area (Å²) in [5, 5.41) is 11.3. The minimum Gasteiger partial charge on any atom is -0.359 e. The molecular formula is C11H14N4O3S. The van der Waals surface area contributed by atoms with Crippen LogP contribution in [0.2, 0.25) is 0 Å². The van der Waals surface area contributed by atoms with Gasteiger partial charge in [-0.2, -0.15) is 5.26 Å². The van der Waals surface area contributed by atoms with Gasteiger partial charge in [0.15, 0.2) is 5.69 Å². The monoisotopic (exact) mass is 282 g/mol. The highest BCUT2D eigenvalue weighted by Crippen LogP contribution is 2.16. The van der Waals surface area contributed by atoms with Gasteiger partial charge in [0.2, 0.25) is 15.9 Å². The highest BCUT2D eigenvalue weighted by molar-refractivity contribution is 7.89. The summed E-state index contributed by atoms with van der Waals surface area (Å²) in [6, 6.07) is 4.50. The molecule has 0 aliphatic rings. The predicted octanol–water partition coefficient (Wildman–Crippen LogP) is -0.290. The summed E-state index contributed by atoms with van der Waals surface area (Å²) < 4.78 is 25.5. The molecule has 8 heteroatoms. The van der Waals surface area contributed by atoms with Crippen LogP contribution >= 0.6 is 0 Å². The lowest BCUT2D eigenvalue weighted by molar-refractivity contribution is -0.120. The standard InChI is InChI=1S/C11H14N4O3S/c1-13-11(16)5-7-15(2)19(17,18)10-4-3-6-14-9(10)8-12/h3-4,6H,5,7H2,1-2H3,(H,13,16). The first-order valence-electron chi connectivity index (χ1n) is 5.45. The number of pyridine rings is 1. The van der Waals surface area contributed by atoms with Gasteiger partial charge >= 0.3 is 0 Å². The van der Waals surface area contributed by atoms with E-state index in [1.807, 2.05) is 0 Å². The second kappa shape index (κ2) is 6.26. The van der Waals surface area contributed by atoms with Gasteiger partial charge in [-0.1, -0.05) is 0 Å². The third-order valence-electron chi connectivity index (χ3n) is 2.50. The molecule has 0 aliphatic carbocycles. The van der Waals surface area contributed by atoms with Gasteiger partial charge < -0.3 is 5.32 Å². The Bertz CT molecular complexity index is 607. The molecule has 0 atom stereocenters. The average molecular weight is 282 g/mol. The lowest BCUT2D eigenvalue weighted by Crippen LogP contribution is -2.32. The van der Waals surface area contributed by atoms with Crippen molar-refractivity contribution in [2.45, 2.75) is 11.3 Å². The third kappa shape index (κ3) is 3.49. The smallest absolute Gasteiger partial charge is 0.245 e. The molecule has 0 bridgehead atoms. The molecule has 0 radical (unpaired) electrons. The summed E-state index contributed by atoms with van der Waals surface area (Å²) in [7, 11) is -0.986. The van der Waals surface area contributed by atoms with Crippen molar-refractivity contribution in [3.63, 3.8) is 0 Å². The summed E-state index contributed by atoms with van der Waals surface area (Å²) in [4.78, 5) is 14.7. The maximum Gasteiger partial charge on any atom is 0.245 e. The number of sulfonamides is 1. The van der Waals surface area contributed by atoms with E-state index >= 15 is 0 Å². The molecule has 1 heterocycles. The van der Waals surface area contributed by atoms with E-state index in [0.29, 0.717) is 0 Å². The molecule has 0 spiro atoms. The van der Waals surface area contributed by atoms with Crippen molar-refractivity contribution < 1.29 is 13.2 Å². The Balaban J connectivity index is 2.98. The minimum absolute atomic E-state index is 0.0295. The number of carbonyl (C=O) groups is 1. The first-order valence-corrected chi connectivity index (χ1v) is 6.89. The summed E-state index contributed by atoms with van der Waals surface area (Å²) >= 11 is 0. The molecular weight excluding hydrogens is 268 g/mol. The van der Waals surface area contributed by atoms with Crippen LogP contribution in [-0.2, 0) is 14.8 Å². The Morgan fingerprint density at radius 3 is 2.84 bits per heavy atom. The Labute approximate surface area is 111 Å². The molecule has 1 N–H and O–H groups in total. The van der Waals surface area contributed by atoms with Gasteiger partial charge in [-0.05, 0) is 12.1 Å². The van der Waals surface area contributed by atoms with Crippen molar-refractivity contribution in [2.24, 2.45) is 0 Å². The Morgan fingerprint density at radius 1 is 1.58 bits per heavy atom. The molecule has 7 nitrogen and oxygen atoms in total. The summed E-state index contributed by atoms with van der Waals surface area (Å²) in [6.07, 6.45) is 1.40. The molecule has 0 unspecified atom stereocenters. The number of aromatic nitrogens is 1. The zero-order valence-electron chi connectivity index (χ0n) is 10.6. The highest BCUT2D eigenvalue weighted by atomic mass is 32.2. The second-order valence-electron chi connectivity index (χ2n) is 3.71. The van der Waals surface area contributed by atoms with E-state index in [9.17, 15) is 13.2 Å². The maximum absolute atomic E-state index is 12.2. The van der Waals surface area contributed by atoms with Crippen LogP contribution in [0, 0.1) is 11.3 Å². The fourth-order valence-corrected chi connectivity index (χ4v) is 2.62. The normalized spacial score (nSPS) is 11.1. The molecule has 1 aromatic rings. The average Bonchev–Trinajstić information content (AvgIpc) is 2.43. The molecule has 102 valence electrons. The molecule has 19 heavy (non-hydrogen) atoms. The van der Waals surface area contributed by atoms with Crippen molar-refractivity contribution in [1.29, 1.82) is 5.26 Å². The lowest BCUT2D eigenvalue weighted by Gasteiger charge is -2.16. The van der Waals surface area contributed by atoms with E-state index in [-0.39, 0.29) is 29.5 Å². The van der Waals surface area contributed by atoms with Gasteiger partial charge in [0.25, 0.3) is 0 Å². The maximum atomic E-state index is 12.2. The van der Waals surface area contributed by atoms with Crippen LogP contribution in [0.4, 0.5) is 0 Å². The van der Waals surface area contributed by atoms with Gasteiger partial charge in [0.1, 0.15) is 11.0 Å². The van der Waals surface area contributed by atoms with Gasteiger partial charge in [-0.15, -0.1) is 0 Å². The van der Waals surface area contributed by atoms with Crippen LogP contribution in [0.15, 0.2) is 23.2 Å². The Morgan fingerprint density at radius 2 is 2.26 bits per heavy atom. The molecule has 0 aromatic carbocycles. The first kappa shape index (κ1) is 15.1. The molecule has 0 aliphatic heterocycles. The third-order valence-corrected chi connectivity index (χ3v) is 4.39. The first-order chi connectivity index (χ1) is 8.93. The van der Waals surface area contributed by atoms with Crippen molar-refractivity contribution in [3.8, 4) is 6.07 Å². The zero-order chi connectivity index (χ0) is 14.5. The minimum atomic E-state index is -3.82. The molecule has 1 rings (SSSR count). The van der Waals surface area contributed by atoms with E-state index in [4.69, 9.17) is 5.26 Å². The topological polar surface area (TPSA) is 103 Å². The fraction of sp³-hybridized carbons (Fsp3) is 0.364. The number of amides is 1. The van der Waals surface area contributed by atoms with E-state index in [1.54, 1.807) is 6.07 Å². The quantitative estimate of drug-likeness (QED) is 0.799. The van der Waals surface area contributed by atoms with E-state index in [1.165, 1.54) is 32.4 Å². The van der Waals surface area contributed by atoms with Crippen LogP contribution in [-0.4, -0.2) is 44.3 Å². The van der Waals surface area contributed by atoms with Crippen molar-refractivity contribution in [3.05, 3.63) is 24.0 Å². The largest absolute Gasteiger partial charge is 0.359 e. The number of hydrogen-bond acceptors (Lipinski definition) is 5. The highest BCUT2D eigenvalue weighted by Gasteiger charge is 2.24. The molecule has 1 aromatic heterocycles. The number of nitrogens with zero attached hydrogens (tertiary/aromatic N) is 3. The van der Waals surface area contributed by atoms with Gasteiger partial charge in [0.05, 0.1) is 0 Å². The Kier molecular flexibility index (Phi) is 4.97. The Hall–Kier alpha value is -1.98. The summed E-state index contributed by atoms with van der Waals surface area (Å²) in [6.45, 7) is 0.0295. The summed E-state index contributed by atoms with van der Waals surface area (Å²) in [5.74, 6) is -0.256. The number of nitrogens with one attached hydrogen (secondary N) is 1. The van der Waals surface area contributed by atoms with Gasteiger partial charge in [-0.3, -0.25) is 4.79 Å². The van der Waals surface area contributed by atoms with Crippen molar-refractivity contribution >= 4 is 15.9 Å². The number of hydrogen-bond donors (Lipinski definition) is 1. The van der Waals surface area contributed by atoms with E-state index < -0.39 is 10.0 Å². The van der Waals surface area contributed by atoms with E-state index in [2.05, 4.69) is 10.3 Å². The van der Waals surface area contributed by atoms with Crippen LogP contribution in [0.1, 0.15) is 12.1 Å². The molecule has 0 saturated heterocycles. The van der Waals surface area contributed by atoms with Crippen LogP contribution in [0.3, 0.4) is 0 Å². The predicted molar refractivity (Wildman–Crippen MR) is 67.5 cm³/mol. The lowest BCUT2D eigenvalue weighted by atomic mass is 10.4. The second-order valence-corrected chi connectivity index (χ2v) is 5.73. The van der Waals surface area contributed by atoms with Crippen molar-refractivity contribution in [2.75, 3.05) is 20.6 Å². The number of rotatable bonds is 5. The van der Waals surface area contributed by atoms with Gasteiger partial charge in [0, 0.05) is 33.3 Å². The van der Waals surface area contributed by atoms with Crippen LogP contribution in [0.25, 0.3) is 0 Å². The SMILES string of the molecule is CNC(=O)CCN(C)S(=O)(=O)c1cccnc1C#N. The molecule has 1 amide bonds. The van der Waals surface area contributed by atoms with Crippen LogP contribution < -0.4 is 5.32 Å².